The van der Waals surface area contributed by atoms with Gasteiger partial charge in [0.05, 0.1) is 5.57 Å². The largest absolute Gasteiger partial charge is 0.478 e. The number of aliphatic carboxylic acids is 1. The molecule has 1 aliphatic rings. The summed E-state index contributed by atoms with van der Waals surface area (Å²) in [6.07, 6.45) is 4.24. The van der Waals surface area contributed by atoms with Crippen LogP contribution in [0.5, 0.6) is 0 Å². The number of benzene rings is 1. The van der Waals surface area contributed by atoms with Crippen molar-refractivity contribution in [3.63, 3.8) is 0 Å². The summed E-state index contributed by atoms with van der Waals surface area (Å²) in [7, 11) is 0. The standard InChI is InChI=1S/C15H18O2/c1-2-11-9-6-10-13(11)14(15(16)17)12-7-4-3-5-8-12/h3-5,7-8,11H,2,6,9-10H2,1H3,(H,16,17)/b14-13+/t11-/m0/s1. The predicted octanol–water partition coefficient (Wildman–Crippen LogP) is 3.73. The number of hydrogen-bond acceptors (Lipinski definition) is 1. The monoisotopic (exact) mass is 230 g/mol. The summed E-state index contributed by atoms with van der Waals surface area (Å²) in [5.74, 6) is -0.326. The van der Waals surface area contributed by atoms with Crippen LogP contribution >= 0.6 is 0 Å². The lowest BCUT2D eigenvalue weighted by molar-refractivity contribution is -0.130. The van der Waals surface area contributed by atoms with Crippen LogP contribution in [0.15, 0.2) is 35.9 Å². The summed E-state index contributed by atoms with van der Waals surface area (Å²) in [5, 5.41) is 9.44. The molecule has 0 saturated heterocycles. The van der Waals surface area contributed by atoms with E-state index in [9.17, 15) is 9.90 Å². The topological polar surface area (TPSA) is 37.3 Å². The fourth-order valence-corrected chi connectivity index (χ4v) is 2.75. The third-order valence-corrected chi connectivity index (χ3v) is 3.58. The zero-order valence-corrected chi connectivity index (χ0v) is 10.1. The lowest BCUT2D eigenvalue weighted by Gasteiger charge is -2.13. The second-order valence-corrected chi connectivity index (χ2v) is 4.57. The van der Waals surface area contributed by atoms with Crippen LogP contribution in [0.1, 0.15) is 38.2 Å². The number of rotatable bonds is 3. The first-order chi connectivity index (χ1) is 8.24. The van der Waals surface area contributed by atoms with Crippen molar-refractivity contribution in [1.29, 1.82) is 0 Å². The zero-order valence-electron chi connectivity index (χ0n) is 10.1. The van der Waals surface area contributed by atoms with Gasteiger partial charge in [0, 0.05) is 0 Å². The fourth-order valence-electron chi connectivity index (χ4n) is 2.75. The predicted molar refractivity (Wildman–Crippen MR) is 68.6 cm³/mol. The summed E-state index contributed by atoms with van der Waals surface area (Å²) in [4.78, 5) is 11.5. The van der Waals surface area contributed by atoms with E-state index in [0.29, 0.717) is 11.5 Å². The first kappa shape index (κ1) is 11.9. The van der Waals surface area contributed by atoms with Crippen LogP contribution in [0.4, 0.5) is 0 Å². The Labute approximate surface area is 102 Å². The van der Waals surface area contributed by atoms with Crippen LogP contribution in [-0.4, -0.2) is 11.1 Å². The fraction of sp³-hybridized carbons (Fsp3) is 0.400. The van der Waals surface area contributed by atoms with E-state index < -0.39 is 5.97 Å². The maximum Gasteiger partial charge on any atom is 0.336 e. The Balaban J connectivity index is 2.49. The molecule has 1 atom stereocenters. The molecule has 0 bridgehead atoms. The summed E-state index contributed by atoms with van der Waals surface area (Å²) in [5.41, 5.74) is 2.52. The molecule has 2 heteroatoms. The first-order valence-corrected chi connectivity index (χ1v) is 6.25. The molecule has 1 saturated carbocycles. The van der Waals surface area contributed by atoms with Crippen molar-refractivity contribution in [1.82, 2.24) is 0 Å². The average Bonchev–Trinajstić information content (AvgIpc) is 2.78. The second kappa shape index (κ2) is 5.17. The first-order valence-electron chi connectivity index (χ1n) is 6.25. The van der Waals surface area contributed by atoms with Crippen molar-refractivity contribution in [2.24, 2.45) is 5.92 Å². The van der Waals surface area contributed by atoms with Gasteiger partial charge in [-0.1, -0.05) is 42.8 Å². The molecule has 0 unspecified atom stereocenters. The smallest absolute Gasteiger partial charge is 0.336 e. The molecule has 0 amide bonds. The van der Waals surface area contributed by atoms with Crippen LogP contribution in [0.3, 0.4) is 0 Å². The normalized spacial score (nSPS) is 22.5. The van der Waals surface area contributed by atoms with Crippen molar-refractivity contribution in [3.8, 4) is 0 Å². The van der Waals surface area contributed by atoms with Crippen molar-refractivity contribution in [2.45, 2.75) is 32.6 Å². The van der Waals surface area contributed by atoms with Gasteiger partial charge >= 0.3 is 5.97 Å². The van der Waals surface area contributed by atoms with Gasteiger partial charge in [-0.05, 0) is 37.2 Å². The number of carboxylic acids is 1. The molecule has 1 aliphatic carbocycles. The maximum atomic E-state index is 11.5. The van der Waals surface area contributed by atoms with E-state index in [0.717, 1.165) is 36.8 Å². The third-order valence-electron chi connectivity index (χ3n) is 3.58. The SMILES string of the molecule is CC[C@H]1CCC/C1=C(\C(=O)O)c1ccccc1. The molecule has 0 aromatic heterocycles. The van der Waals surface area contributed by atoms with Gasteiger partial charge in [-0.3, -0.25) is 0 Å². The van der Waals surface area contributed by atoms with E-state index in [-0.39, 0.29) is 0 Å². The summed E-state index contributed by atoms with van der Waals surface area (Å²) >= 11 is 0. The highest BCUT2D eigenvalue weighted by Gasteiger charge is 2.26. The number of allylic oxidation sites excluding steroid dienone is 1. The summed E-state index contributed by atoms with van der Waals surface area (Å²) in [6, 6.07) is 9.49. The van der Waals surface area contributed by atoms with Crippen molar-refractivity contribution in [3.05, 3.63) is 41.5 Å². The van der Waals surface area contributed by atoms with Gasteiger partial charge in [0.2, 0.25) is 0 Å². The van der Waals surface area contributed by atoms with Crippen molar-refractivity contribution >= 4 is 11.5 Å². The minimum atomic E-state index is -0.786. The lowest BCUT2D eigenvalue weighted by atomic mass is 9.91. The van der Waals surface area contributed by atoms with E-state index in [4.69, 9.17) is 0 Å². The molecule has 17 heavy (non-hydrogen) atoms. The maximum absolute atomic E-state index is 11.5. The highest BCUT2D eigenvalue weighted by atomic mass is 16.4. The van der Waals surface area contributed by atoms with Gasteiger partial charge in [-0.2, -0.15) is 0 Å². The molecular weight excluding hydrogens is 212 g/mol. The van der Waals surface area contributed by atoms with Gasteiger partial charge < -0.3 is 5.11 Å². The molecule has 1 aromatic carbocycles. The molecule has 0 aliphatic heterocycles. The molecule has 0 radical (unpaired) electrons. The van der Waals surface area contributed by atoms with Gasteiger partial charge in [0.15, 0.2) is 0 Å². The lowest BCUT2D eigenvalue weighted by Crippen LogP contribution is -2.07. The van der Waals surface area contributed by atoms with Crippen LogP contribution < -0.4 is 0 Å². The number of carbonyl (C=O) groups is 1. The van der Waals surface area contributed by atoms with Gasteiger partial charge in [0.1, 0.15) is 0 Å². The van der Waals surface area contributed by atoms with Crippen molar-refractivity contribution < 1.29 is 9.90 Å². The molecule has 2 rings (SSSR count). The van der Waals surface area contributed by atoms with Crippen LogP contribution in [-0.2, 0) is 4.79 Å². The zero-order chi connectivity index (χ0) is 12.3. The van der Waals surface area contributed by atoms with E-state index in [1.807, 2.05) is 30.3 Å². The van der Waals surface area contributed by atoms with E-state index >= 15 is 0 Å². The van der Waals surface area contributed by atoms with E-state index in [1.165, 1.54) is 0 Å². The summed E-state index contributed by atoms with van der Waals surface area (Å²) in [6.45, 7) is 2.14. The minimum absolute atomic E-state index is 0.460. The molecule has 0 heterocycles. The minimum Gasteiger partial charge on any atom is -0.478 e. The molecule has 1 aromatic rings. The third kappa shape index (κ3) is 2.41. The Morgan fingerprint density at radius 2 is 2.06 bits per heavy atom. The average molecular weight is 230 g/mol. The van der Waals surface area contributed by atoms with Gasteiger partial charge in [0.25, 0.3) is 0 Å². The molecular formula is C15H18O2. The second-order valence-electron chi connectivity index (χ2n) is 4.57. The van der Waals surface area contributed by atoms with Crippen LogP contribution in [0.25, 0.3) is 5.57 Å². The molecule has 2 nitrogen and oxygen atoms in total. The molecule has 90 valence electrons. The Kier molecular flexibility index (Phi) is 3.62. The van der Waals surface area contributed by atoms with E-state index in [1.54, 1.807) is 0 Å². The Morgan fingerprint density at radius 3 is 2.65 bits per heavy atom. The number of carboxylic acid groups (broad SMARTS) is 1. The van der Waals surface area contributed by atoms with Crippen molar-refractivity contribution in [2.75, 3.05) is 0 Å². The Hall–Kier alpha value is -1.57. The molecule has 1 fully saturated rings. The molecule has 0 spiro atoms. The van der Waals surface area contributed by atoms with E-state index in [2.05, 4.69) is 6.92 Å². The van der Waals surface area contributed by atoms with Gasteiger partial charge in [-0.25, -0.2) is 4.79 Å². The highest BCUT2D eigenvalue weighted by molar-refractivity contribution is 6.16. The van der Waals surface area contributed by atoms with Gasteiger partial charge in [-0.15, -0.1) is 0 Å². The number of hydrogen-bond donors (Lipinski definition) is 1. The van der Waals surface area contributed by atoms with Crippen LogP contribution in [0, 0.1) is 5.92 Å². The highest BCUT2D eigenvalue weighted by Crippen LogP contribution is 2.38. The Bertz CT molecular complexity index is 431. The van der Waals surface area contributed by atoms with Crippen LogP contribution in [0.2, 0.25) is 0 Å². The summed E-state index contributed by atoms with van der Waals surface area (Å²) < 4.78 is 0. The Morgan fingerprint density at radius 1 is 1.35 bits per heavy atom. The quantitative estimate of drug-likeness (QED) is 0.803. The molecule has 1 N–H and O–H groups in total.